The number of fused-ring (bicyclic) bond motifs is 2. The minimum atomic E-state index is -1.20. The summed E-state index contributed by atoms with van der Waals surface area (Å²) in [5.74, 6) is 0.199. The van der Waals surface area contributed by atoms with Crippen LogP contribution in [0, 0.1) is 10.8 Å². The number of amides is 3. The van der Waals surface area contributed by atoms with Crippen molar-refractivity contribution in [1.29, 1.82) is 0 Å². The van der Waals surface area contributed by atoms with Crippen molar-refractivity contribution >= 4 is 17.7 Å². The molecular formula is C28H38N2O4. The number of para-hydroxylation sites is 1. The molecule has 184 valence electrons. The van der Waals surface area contributed by atoms with Gasteiger partial charge in [-0.15, -0.1) is 0 Å². The molecule has 2 aliphatic carbocycles. The number of hydrogen-bond acceptors (Lipinski definition) is 4. The molecule has 5 rings (SSSR count). The molecule has 2 heterocycles. The zero-order chi connectivity index (χ0) is 24.3. The van der Waals surface area contributed by atoms with Crippen LogP contribution in [0.15, 0.2) is 24.3 Å². The fourth-order valence-corrected chi connectivity index (χ4v) is 7.89. The van der Waals surface area contributed by atoms with Crippen molar-refractivity contribution in [3.8, 4) is 5.75 Å². The molecule has 1 aromatic rings. The highest BCUT2D eigenvalue weighted by molar-refractivity contribution is 6.11. The van der Waals surface area contributed by atoms with Crippen molar-refractivity contribution in [3.05, 3.63) is 29.8 Å². The molecule has 2 saturated heterocycles. The summed E-state index contributed by atoms with van der Waals surface area (Å²) < 4.78 is 5.64. The zero-order valence-corrected chi connectivity index (χ0v) is 21.1. The number of benzene rings is 1. The molecule has 6 nitrogen and oxygen atoms in total. The summed E-state index contributed by atoms with van der Waals surface area (Å²) in [5.41, 5.74) is -0.217. The van der Waals surface area contributed by atoms with Gasteiger partial charge < -0.3 is 9.64 Å². The molecule has 2 aliphatic heterocycles. The third kappa shape index (κ3) is 3.74. The average molecular weight is 467 g/mol. The van der Waals surface area contributed by atoms with E-state index in [0.29, 0.717) is 11.3 Å². The number of ether oxygens (including phenoxy) is 1. The van der Waals surface area contributed by atoms with E-state index in [9.17, 15) is 14.4 Å². The first-order valence-electron chi connectivity index (χ1n) is 12.9. The molecule has 0 N–H and O–H groups in total. The fraction of sp³-hybridized carbons (Fsp3) is 0.679. The molecule has 34 heavy (non-hydrogen) atoms. The van der Waals surface area contributed by atoms with Crippen LogP contribution in [0.5, 0.6) is 5.75 Å². The number of hydrogen-bond donors (Lipinski definition) is 0. The summed E-state index contributed by atoms with van der Waals surface area (Å²) in [5, 5.41) is 0. The summed E-state index contributed by atoms with van der Waals surface area (Å²) in [6, 6.07) is 7.57. The van der Waals surface area contributed by atoms with Crippen LogP contribution in [0.3, 0.4) is 0 Å². The number of carbonyl (C=O) groups is 3. The predicted molar refractivity (Wildman–Crippen MR) is 129 cm³/mol. The van der Waals surface area contributed by atoms with Gasteiger partial charge in [-0.25, -0.2) is 0 Å². The van der Waals surface area contributed by atoms with Gasteiger partial charge in [0.25, 0.3) is 0 Å². The second-order valence-corrected chi connectivity index (χ2v) is 12.4. The lowest BCUT2D eigenvalue weighted by Crippen LogP contribution is -2.47. The number of rotatable bonds is 5. The smallest absolute Gasteiger partial charge is 0.241 e. The maximum atomic E-state index is 14.1. The maximum Gasteiger partial charge on any atom is 0.241 e. The van der Waals surface area contributed by atoms with Gasteiger partial charge in [-0.05, 0) is 49.0 Å². The Morgan fingerprint density at radius 3 is 2.47 bits per heavy atom. The van der Waals surface area contributed by atoms with Gasteiger partial charge in [0, 0.05) is 37.0 Å². The second-order valence-electron chi connectivity index (χ2n) is 12.4. The topological polar surface area (TPSA) is 66.9 Å². The highest BCUT2D eigenvalue weighted by atomic mass is 16.5. The Labute approximate surface area is 203 Å². The van der Waals surface area contributed by atoms with E-state index in [1.54, 1.807) is 7.11 Å². The first kappa shape index (κ1) is 23.4. The van der Waals surface area contributed by atoms with Crippen LogP contribution in [-0.4, -0.2) is 53.3 Å². The summed E-state index contributed by atoms with van der Waals surface area (Å²) in [6.07, 6.45) is 6.94. The summed E-state index contributed by atoms with van der Waals surface area (Å²) in [4.78, 5) is 44.9. The van der Waals surface area contributed by atoms with Gasteiger partial charge in [-0.2, -0.15) is 0 Å². The SMILES string of the molecule is COc1ccccc1C1(CC(=O)N2CC3(C)CC2CC(C)(C)C3)CC(=O)N(C2CCCC2)C1=O. The van der Waals surface area contributed by atoms with Crippen molar-refractivity contribution in [3.63, 3.8) is 0 Å². The molecule has 2 bridgehead atoms. The van der Waals surface area contributed by atoms with E-state index in [1.165, 1.54) is 4.90 Å². The molecule has 3 atom stereocenters. The standard InChI is InChI=1S/C28H38N2O4/c1-26(2)13-20-14-27(3,17-26)18-29(20)23(31)15-28(21-11-7-8-12-22(21)34-4)16-24(32)30(25(28)33)19-9-5-6-10-19/h7-8,11-12,19-20H,5-6,9-10,13-18H2,1-4H3. The third-order valence-corrected chi connectivity index (χ3v) is 8.85. The van der Waals surface area contributed by atoms with Gasteiger partial charge in [0.05, 0.1) is 12.5 Å². The lowest BCUT2D eigenvalue weighted by Gasteiger charge is -2.39. The van der Waals surface area contributed by atoms with Crippen LogP contribution in [0.4, 0.5) is 0 Å². The van der Waals surface area contributed by atoms with E-state index in [2.05, 4.69) is 20.8 Å². The van der Waals surface area contributed by atoms with Gasteiger partial charge in [-0.3, -0.25) is 19.3 Å². The van der Waals surface area contributed by atoms with Crippen molar-refractivity contribution in [2.24, 2.45) is 10.8 Å². The van der Waals surface area contributed by atoms with E-state index < -0.39 is 5.41 Å². The molecule has 0 radical (unpaired) electrons. The number of likely N-dealkylation sites (tertiary alicyclic amines) is 2. The monoisotopic (exact) mass is 466 g/mol. The average Bonchev–Trinajstić information content (AvgIpc) is 3.43. The number of methoxy groups -OCH3 is 1. The van der Waals surface area contributed by atoms with Gasteiger partial charge in [0.15, 0.2) is 0 Å². The Hall–Kier alpha value is -2.37. The minimum absolute atomic E-state index is 0.00764. The predicted octanol–water partition coefficient (Wildman–Crippen LogP) is 4.45. The van der Waals surface area contributed by atoms with Crippen LogP contribution >= 0.6 is 0 Å². The molecule has 4 aliphatic rings. The highest BCUT2D eigenvalue weighted by Gasteiger charge is 2.58. The first-order valence-corrected chi connectivity index (χ1v) is 12.9. The molecule has 4 fully saturated rings. The number of carbonyl (C=O) groups excluding carboxylic acids is 3. The Balaban J connectivity index is 1.51. The van der Waals surface area contributed by atoms with Gasteiger partial charge in [0.1, 0.15) is 5.75 Å². The largest absolute Gasteiger partial charge is 0.496 e. The lowest BCUT2D eigenvalue weighted by atomic mass is 9.65. The molecule has 6 heteroatoms. The lowest BCUT2D eigenvalue weighted by molar-refractivity contribution is -0.145. The van der Waals surface area contributed by atoms with Gasteiger partial charge in [-0.1, -0.05) is 51.8 Å². The molecular weight excluding hydrogens is 428 g/mol. The first-order chi connectivity index (χ1) is 16.1. The van der Waals surface area contributed by atoms with Crippen LogP contribution in [0.25, 0.3) is 0 Å². The summed E-state index contributed by atoms with van der Waals surface area (Å²) in [6.45, 7) is 7.60. The number of imide groups is 1. The van der Waals surface area contributed by atoms with Crippen LogP contribution in [0.1, 0.15) is 84.1 Å². The second kappa shape index (κ2) is 8.10. The van der Waals surface area contributed by atoms with E-state index in [-0.39, 0.29) is 53.5 Å². The molecule has 0 spiro atoms. The summed E-state index contributed by atoms with van der Waals surface area (Å²) >= 11 is 0. The normalized spacial score (nSPS) is 33.1. The van der Waals surface area contributed by atoms with Gasteiger partial charge in [0.2, 0.25) is 17.7 Å². The Kier molecular flexibility index (Phi) is 5.57. The molecule has 1 aromatic carbocycles. The van der Waals surface area contributed by atoms with Crippen molar-refractivity contribution in [1.82, 2.24) is 9.80 Å². The molecule has 3 unspecified atom stereocenters. The van der Waals surface area contributed by atoms with Crippen LogP contribution in [0.2, 0.25) is 0 Å². The number of nitrogens with zero attached hydrogens (tertiary/aromatic N) is 2. The molecule has 0 aromatic heterocycles. The van der Waals surface area contributed by atoms with Crippen molar-refractivity contribution in [2.75, 3.05) is 13.7 Å². The fourth-order valence-electron chi connectivity index (χ4n) is 7.89. The Morgan fingerprint density at radius 2 is 1.76 bits per heavy atom. The molecule has 3 amide bonds. The third-order valence-electron chi connectivity index (χ3n) is 8.85. The van der Waals surface area contributed by atoms with E-state index in [4.69, 9.17) is 4.74 Å². The summed E-state index contributed by atoms with van der Waals surface area (Å²) in [7, 11) is 1.58. The zero-order valence-electron chi connectivity index (χ0n) is 21.1. The van der Waals surface area contributed by atoms with Crippen LogP contribution < -0.4 is 4.74 Å². The van der Waals surface area contributed by atoms with Crippen LogP contribution in [-0.2, 0) is 19.8 Å². The molecule has 2 saturated carbocycles. The Bertz CT molecular complexity index is 1010. The van der Waals surface area contributed by atoms with E-state index >= 15 is 0 Å². The quantitative estimate of drug-likeness (QED) is 0.601. The van der Waals surface area contributed by atoms with Crippen molar-refractivity contribution < 1.29 is 19.1 Å². The van der Waals surface area contributed by atoms with Gasteiger partial charge >= 0.3 is 0 Å². The van der Waals surface area contributed by atoms with E-state index in [1.807, 2.05) is 29.2 Å². The Morgan fingerprint density at radius 1 is 1.06 bits per heavy atom. The minimum Gasteiger partial charge on any atom is -0.496 e. The van der Waals surface area contributed by atoms with E-state index in [0.717, 1.165) is 51.5 Å². The highest BCUT2D eigenvalue weighted by Crippen LogP contribution is 2.53. The maximum absolute atomic E-state index is 14.1. The van der Waals surface area contributed by atoms with Crippen molar-refractivity contribution in [2.45, 2.75) is 96.1 Å².